The fourth-order valence-electron chi connectivity index (χ4n) is 2.69. The molecule has 1 saturated heterocycles. The summed E-state index contributed by atoms with van der Waals surface area (Å²) in [6, 6.07) is 7.89. The van der Waals surface area contributed by atoms with Crippen LogP contribution in [0.5, 0.6) is 0 Å². The van der Waals surface area contributed by atoms with E-state index in [1.54, 1.807) is 0 Å². The summed E-state index contributed by atoms with van der Waals surface area (Å²) in [6.45, 7) is 7.41. The van der Waals surface area contributed by atoms with Crippen molar-refractivity contribution in [3.05, 3.63) is 35.4 Å². The van der Waals surface area contributed by atoms with Gasteiger partial charge in [0.25, 0.3) is 5.91 Å². The summed E-state index contributed by atoms with van der Waals surface area (Å²) in [4.78, 5) is 26.4. The fourth-order valence-corrected chi connectivity index (χ4v) is 2.69. The van der Waals surface area contributed by atoms with Crippen LogP contribution in [0.4, 0.5) is 0 Å². The molecule has 1 fully saturated rings. The Bertz CT molecular complexity index is 516. The van der Waals surface area contributed by atoms with Gasteiger partial charge in [0.15, 0.2) is 0 Å². The van der Waals surface area contributed by atoms with Gasteiger partial charge >= 0.3 is 0 Å². The molecule has 22 heavy (non-hydrogen) atoms. The Balaban J connectivity index is 1.87. The van der Waals surface area contributed by atoms with E-state index >= 15 is 0 Å². The monoisotopic (exact) mass is 302 g/mol. The number of carbonyl (C=O) groups is 2. The van der Waals surface area contributed by atoms with Crippen molar-refractivity contribution in [2.24, 2.45) is 5.92 Å². The smallest absolute Gasteiger partial charge is 0.253 e. The van der Waals surface area contributed by atoms with E-state index < -0.39 is 0 Å². The molecule has 1 atom stereocenters. The normalized spacial score (nSPS) is 17.1. The van der Waals surface area contributed by atoms with Crippen molar-refractivity contribution >= 4 is 11.8 Å². The molecular weight excluding hydrogens is 276 g/mol. The second-order valence-electron chi connectivity index (χ2n) is 6.25. The van der Waals surface area contributed by atoms with Crippen LogP contribution in [0.25, 0.3) is 0 Å². The van der Waals surface area contributed by atoms with Gasteiger partial charge < -0.3 is 10.2 Å². The van der Waals surface area contributed by atoms with Gasteiger partial charge in [0.1, 0.15) is 0 Å². The highest BCUT2D eigenvalue weighted by Gasteiger charge is 2.28. The number of nitrogens with zero attached hydrogens (tertiary/aromatic N) is 1. The van der Waals surface area contributed by atoms with E-state index in [1.807, 2.05) is 43.0 Å². The molecule has 1 heterocycles. The first kappa shape index (κ1) is 16.5. The van der Waals surface area contributed by atoms with Crippen molar-refractivity contribution in [2.75, 3.05) is 13.1 Å². The van der Waals surface area contributed by atoms with Crippen molar-refractivity contribution in [3.63, 3.8) is 0 Å². The van der Waals surface area contributed by atoms with Crippen molar-refractivity contribution in [3.8, 4) is 0 Å². The van der Waals surface area contributed by atoms with Crippen LogP contribution in [0.2, 0.25) is 0 Å². The third-order valence-electron chi connectivity index (χ3n) is 4.45. The molecule has 1 aromatic carbocycles. The standard InChI is InChI=1S/C18H26N2O2/c1-4-14(3)19-17(21)15-9-11-20(12-10-15)18(22)16-7-5-13(2)6-8-16/h5-8,14-15H,4,9-12H2,1-3H3,(H,19,21). The minimum Gasteiger partial charge on any atom is -0.353 e. The Labute approximate surface area is 132 Å². The van der Waals surface area contributed by atoms with Gasteiger partial charge in [-0.1, -0.05) is 24.6 Å². The lowest BCUT2D eigenvalue weighted by atomic mass is 9.95. The van der Waals surface area contributed by atoms with Crippen LogP contribution in [-0.4, -0.2) is 35.8 Å². The molecule has 0 bridgehead atoms. The first-order chi connectivity index (χ1) is 10.5. The zero-order valence-electron chi connectivity index (χ0n) is 13.8. The molecule has 0 spiro atoms. The Morgan fingerprint density at radius 2 is 1.82 bits per heavy atom. The summed E-state index contributed by atoms with van der Waals surface area (Å²) in [6.07, 6.45) is 2.44. The second kappa shape index (κ2) is 7.43. The van der Waals surface area contributed by atoms with Crippen molar-refractivity contribution in [1.29, 1.82) is 0 Å². The summed E-state index contributed by atoms with van der Waals surface area (Å²) in [5.41, 5.74) is 1.88. The molecule has 1 aromatic rings. The van der Waals surface area contributed by atoms with E-state index in [4.69, 9.17) is 0 Å². The van der Waals surface area contributed by atoms with E-state index in [0.717, 1.165) is 30.4 Å². The average Bonchev–Trinajstić information content (AvgIpc) is 2.55. The molecule has 1 aliphatic rings. The molecule has 1 aliphatic heterocycles. The molecule has 4 nitrogen and oxygen atoms in total. The highest BCUT2D eigenvalue weighted by molar-refractivity contribution is 5.94. The van der Waals surface area contributed by atoms with Gasteiger partial charge in [-0.15, -0.1) is 0 Å². The van der Waals surface area contributed by atoms with Crippen LogP contribution in [0, 0.1) is 12.8 Å². The summed E-state index contributed by atoms with van der Waals surface area (Å²) >= 11 is 0. The Morgan fingerprint density at radius 1 is 1.23 bits per heavy atom. The SMILES string of the molecule is CCC(C)NC(=O)C1CCN(C(=O)c2ccc(C)cc2)CC1. The van der Waals surface area contributed by atoms with Crippen LogP contribution in [0.1, 0.15) is 49.0 Å². The lowest BCUT2D eigenvalue weighted by molar-refractivity contribution is -0.126. The molecule has 4 heteroatoms. The number of benzene rings is 1. The van der Waals surface area contributed by atoms with Gasteiger partial charge in [-0.3, -0.25) is 9.59 Å². The van der Waals surface area contributed by atoms with E-state index in [2.05, 4.69) is 12.2 Å². The Morgan fingerprint density at radius 3 is 2.36 bits per heavy atom. The third kappa shape index (κ3) is 4.09. The summed E-state index contributed by atoms with van der Waals surface area (Å²) < 4.78 is 0. The maximum Gasteiger partial charge on any atom is 0.253 e. The van der Waals surface area contributed by atoms with Gasteiger partial charge in [-0.25, -0.2) is 0 Å². The minimum atomic E-state index is 0.0380. The van der Waals surface area contributed by atoms with Crippen LogP contribution in [-0.2, 0) is 4.79 Å². The maximum absolute atomic E-state index is 12.4. The molecule has 1 unspecified atom stereocenters. The number of nitrogens with one attached hydrogen (secondary N) is 1. The zero-order chi connectivity index (χ0) is 16.1. The maximum atomic E-state index is 12.4. The second-order valence-corrected chi connectivity index (χ2v) is 6.25. The summed E-state index contributed by atoms with van der Waals surface area (Å²) in [5, 5.41) is 3.04. The molecule has 120 valence electrons. The summed E-state index contributed by atoms with van der Waals surface area (Å²) in [5.74, 6) is 0.244. The highest BCUT2D eigenvalue weighted by Crippen LogP contribution is 2.19. The predicted octanol–water partition coefficient (Wildman–Crippen LogP) is 2.76. The fraction of sp³-hybridized carbons (Fsp3) is 0.556. The van der Waals surface area contributed by atoms with Crippen LogP contribution in [0.3, 0.4) is 0 Å². The number of hydrogen-bond donors (Lipinski definition) is 1. The number of aryl methyl sites for hydroxylation is 1. The highest BCUT2D eigenvalue weighted by atomic mass is 16.2. The number of amides is 2. The first-order valence-electron chi connectivity index (χ1n) is 8.17. The lowest BCUT2D eigenvalue weighted by Crippen LogP contribution is -2.44. The summed E-state index contributed by atoms with van der Waals surface area (Å²) in [7, 11) is 0. The third-order valence-corrected chi connectivity index (χ3v) is 4.45. The van der Waals surface area contributed by atoms with E-state index in [1.165, 1.54) is 0 Å². The molecule has 2 rings (SSSR count). The molecular formula is C18H26N2O2. The van der Waals surface area contributed by atoms with Gasteiger partial charge in [0.2, 0.25) is 5.91 Å². The largest absolute Gasteiger partial charge is 0.353 e. The molecule has 0 aromatic heterocycles. The minimum absolute atomic E-state index is 0.0380. The number of rotatable bonds is 4. The van der Waals surface area contributed by atoms with Gasteiger partial charge in [-0.05, 0) is 45.2 Å². The number of piperidine rings is 1. The Kier molecular flexibility index (Phi) is 5.58. The molecule has 1 N–H and O–H groups in total. The van der Waals surface area contributed by atoms with E-state index in [9.17, 15) is 9.59 Å². The Hall–Kier alpha value is -1.84. The molecule has 0 saturated carbocycles. The van der Waals surface area contributed by atoms with E-state index in [0.29, 0.717) is 13.1 Å². The first-order valence-corrected chi connectivity index (χ1v) is 8.17. The molecule has 2 amide bonds. The lowest BCUT2D eigenvalue weighted by Gasteiger charge is -2.32. The van der Waals surface area contributed by atoms with Crippen LogP contribution in [0.15, 0.2) is 24.3 Å². The van der Waals surface area contributed by atoms with Gasteiger partial charge in [0, 0.05) is 30.6 Å². The van der Waals surface area contributed by atoms with Crippen LogP contribution < -0.4 is 5.32 Å². The molecule has 0 radical (unpaired) electrons. The number of carbonyl (C=O) groups excluding carboxylic acids is 2. The van der Waals surface area contributed by atoms with E-state index in [-0.39, 0.29) is 23.8 Å². The van der Waals surface area contributed by atoms with Gasteiger partial charge in [0.05, 0.1) is 0 Å². The van der Waals surface area contributed by atoms with Crippen molar-refractivity contribution < 1.29 is 9.59 Å². The van der Waals surface area contributed by atoms with Crippen LogP contribution >= 0.6 is 0 Å². The number of hydrogen-bond acceptors (Lipinski definition) is 2. The number of likely N-dealkylation sites (tertiary alicyclic amines) is 1. The van der Waals surface area contributed by atoms with Gasteiger partial charge in [-0.2, -0.15) is 0 Å². The van der Waals surface area contributed by atoms with Crippen molar-refractivity contribution in [1.82, 2.24) is 10.2 Å². The molecule has 0 aliphatic carbocycles. The topological polar surface area (TPSA) is 49.4 Å². The van der Waals surface area contributed by atoms with Crippen molar-refractivity contribution in [2.45, 2.75) is 46.1 Å². The average molecular weight is 302 g/mol. The zero-order valence-corrected chi connectivity index (χ0v) is 13.8. The quantitative estimate of drug-likeness (QED) is 0.929. The predicted molar refractivity (Wildman–Crippen MR) is 87.7 cm³/mol.